The molecule has 1 aromatic rings. The molecule has 6 heteroatoms. The highest BCUT2D eigenvalue weighted by atomic mass is 31.2. The molecule has 0 aliphatic carbocycles. The summed E-state index contributed by atoms with van der Waals surface area (Å²) in [4.78, 5) is 9.74. The van der Waals surface area contributed by atoms with E-state index >= 15 is 0 Å². The summed E-state index contributed by atoms with van der Waals surface area (Å²) in [5, 5.41) is 9.32. The van der Waals surface area contributed by atoms with Crippen molar-refractivity contribution in [3.63, 3.8) is 0 Å². The predicted octanol–water partition coefficient (Wildman–Crippen LogP) is 4.04. The van der Waals surface area contributed by atoms with Gasteiger partial charge in [-0.2, -0.15) is 0 Å². The van der Waals surface area contributed by atoms with Gasteiger partial charge in [0.15, 0.2) is 0 Å². The van der Waals surface area contributed by atoms with Crippen molar-refractivity contribution in [2.45, 2.75) is 52.1 Å². The van der Waals surface area contributed by atoms with Crippen molar-refractivity contribution in [2.75, 3.05) is 6.61 Å². The van der Waals surface area contributed by atoms with Gasteiger partial charge in [-0.05, 0) is 38.0 Å². The van der Waals surface area contributed by atoms with Crippen molar-refractivity contribution < 1.29 is 23.6 Å². The van der Waals surface area contributed by atoms with Crippen LogP contribution < -0.4 is 0 Å². The lowest BCUT2D eigenvalue weighted by molar-refractivity contribution is 0.0287. The second kappa shape index (κ2) is 7.95. The van der Waals surface area contributed by atoms with Crippen LogP contribution in [0.15, 0.2) is 24.3 Å². The molecule has 0 aromatic heterocycles. The van der Waals surface area contributed by atoms with Crippen LogP contribution in [-0.4, -0.2) is 22.2 Å². The molecule has 120 valence electrons. The van der Waals surface area contributed by atoms with Crippen LogP contribution in [0.3, 0.4) is 0 Å². The Hall–Kier alpha value is -0.870. The maximum Gasteiger partial charge on any atom is 0.472 e. The number of unbranched alkanes of at least 4 members (excludes halogenated alkanes) is 1. The van der Waals surface area contributed by atoms with Crippen LogP contribution in [0.2, 0.25) is 0 Å². The molecule has 1 rings (SSSR count). The van der Waals surface area contributed by atoms with Gasteiger partial charge in [-0.3, -0.25) is 9.05 Å². The van der Waals surface area contributed by atoms with E-state index in [0.29, 0.717) is 12.8 Å². The lowest BCUT2D eigenvalue weighted by atomic mass is 9.91. The van der Waals surface area contributed by atoms with E-state index in [-0.39, 0.29) is 12.4 Å². The van der Waals surface area contributed by atoms with E-state index in [1.165, 1.54) is 0 Å². The Morgan fingerprint density at radius 2 is 1.86 bits per heavy atom. The van der Waals surface area contributed by atoms with Gasteiger partial charge < -0.3 is 10.00 Å². The van der Waals surface area contributed by atoms with Crippen molar-refractivity contribution in [2.24, 2.45) is 0 Å². The first-order valence-corrected chi connectivity index (χ1v) is 8.76. The number of phosphoric ester groups is 1. The minimum absolute atomic E-state index is 0.122. The van der Waals surface area contributed by atoms with E-state index in [0.717, 1.165) is 18.4 Å². The molecule has 2 N–H and O–H groups in total. The second-order valence-electron chi connectivity index (χ2n) is 5.37. The lowest BCUT2D eigenvalue weighted by Crippen LogP contribution is -2.30. The zero-order valence-corrected chi connectivity index (χ0v) is 13.8. The summed E-state index contributed by atoms with van der Waals surface area (Å²) in [5.74, 6) is 0.192. The summed E-state index contributed by atoms with van der Waals surface area (Å²) in [6.07, 6.45) is 2.99. The molecule has 0 saturated heterocycles. The van der Waals surface area contributed by atoms with Crippen molar-refractivity contribution in [1.29, 1.82) is 0 Å². The average molecular weight is 316 g/mol. The normalized spacial score (nSPS) is 17.1. The first kappa shape index (κ1) is 18.2. The minimum Gasteiger partial charge on any atom is -0.508 e. The first-order valence-electron chi connectivity index (χ1n) is 7.26. The Kier molecular flexibility index (Phi) is 6.88. The number of phenolic OH excluding ortho intramolecular Hbond substituents is 1. The molecular formula is C15H25O5P. The van der Waals surface area contributed by atoms with Gasteiger partial charge in [0.2, 0.25) is 0 Å². The van der Waals surface area contributed by atoms with Crippen LogP contribution >= 0.6 is 7.82 Å². The van der Waals surface area contributed by atoms with Gasteiger partial charge in [-0.1, -0.05) is 31.9 Å². The Balaban J connectivity index is 2.86. The maximum absolute atomic E-state index is 11.9. The van der Waals surface area contributed by atoms with Gasteiger partial charge in [0.05, 0.1) is 12.2 Å². The molecule has 0 bridgehead atoms. The van der Waals surface area contributed by atoms with E-state index < -0.39 is 13.4 Å². The zero-order valence-electron chi connectivity index (χ0n) is 12.9. The van der Waals surface area contributed by atoms with Gasteiger partial charge in [0.1, 0.15) is 5.75 Å². The molecular weight excluding hydrogens is 291 g/mol. The van der Waals surface area contributed by atoms with Crippen molar-refractivity contribution in [3.05, 3.63) is 29.8 Å². The Labute approximate surface area is 126 Å². The molecule has 0 aliphatic heterocycles. The summed E-state index contributed by atoms with van der Waals surface area (Å²) < 4.78 is 22.1. The summed E-state index contributed by atoms with van der Waals surface area (Å²) in [6, 6.07) is 6.76. The fourth-order valence-corrected chi connectivity index (χ4v) is 3.32. The fourth-order valence-electron chi connectivity index (χ4n) is 2.23. The third-order valence-electron chi connectivity index (χ3n) is 3.20. The van der Waals surface area contributed by atoms with Gasteiger partial charge in [-0.15, -0.1) is 0 Å². The monoisotopic (exact) mass is 316 g/mol. The number of hydrogen-bond donors (Lipinski definition) is 2. The summed E-state index contributed by atoms with van der Waals surface area (Å²) in [6.45, 7) is 5.64. The third-order valence-corrected chi connectivity index (χ3v) is 4.46. The van der Waals surface area contributed by atoms with E-state index in [1.807, 2.05) is 6.92 Å². The maximum atomic E-state index is 11.9. The molecule has 21 heavy (non-hydrogen) atoms. The zero-order chi connectivity index (χ0) is 15.9. The Morgan fingerprint density at radius 3 is 2.38 bits per heavy atom. The number of rotatable bonds is 9. The number of phosphoric acid groups is 1. The number of aromatic hydroxyl groups is 1. The summed E-state index contributed by atoms with van der Waals surface area (Å²) in [7, 11) is -4.05. The van der Waals surface area contributed by atoms with Crippen molar-refractivity contribution in [3.8, 4) is 5.75 Å². The average Bonchev–Trinajstić information content (AvgIpc) is 2.38. The largest absolute Gasteiger partial charge is 0.508 e. The number of phenols is 1. The molecule has 0 spiro atoms. The number of benzene rings is 1. The highest BCUT2D eigenvalue weighted by Crippen LogP contribution is 2.49. The van der Waals surface area contributed by atoms with E-state index in [2.05, 4.69) is 6.92 Å². The van der Waals surface area contributed by atoms with Crippen LogP contribution in [0.25, 0.3) is 0 Å². The SMILES string of the molecule is CCCCC(C)(Cc1ccc(O)cc1)OP(=O)(O)OCC. The molecule has 1 aromatic carbocycles. The van der Waals surface area contributed by atoms with Crippen LogP contribution in [0.4, 0.5) is 0 Å². The second-order valence-corrected chi connectivity index (χ2v) is 6.75. The highest BCUT2D eigenvalue weighted by Gasteiger charge is 2.35. The summed E-state index contributed by atoms with van der Waals surface area (Å²) in [5.41, 5.74) is 0.148. The first-order chi connectivity index (χ1) is 9.80. The number of hydrogen-bond acceptors (Lipinski definition) is 4. The van der Waals surface area contributed by atoms with Crippen LogP contribution in [0, 0.1) is 0 Å². The summed E-state index contributed by atoms with van der Waals surface area (Å²) >= 11 is 0. The highest BCUT2D eigenvalue weighted by molar-refractivity contribution is 7.47. The van der Waals surface area contributed by atoms with Gasteiger partial charge in [0, 0.05) is 6.42 Å². The predicted molar refractivity (Wildman–Crippen MR) is 82.3 cm³/mol. The molecule has 0 saturated carbocycles. The van der Waals surface area contributed by atoms with Gasteiger partial charge in [0.25, 0.3) is 0 Å². The van der Waals surface area contributed by atoms with Crippen molar-refractivity contribution in [1.82, 2.24) is 0 Å². The van der Waals surface area contributed by atoms with Crippen molar-refractivity contribution >= 4 is 7.82 Å². The molecule has 0 amide bonds. The molecule has 2 atom stereocenters. The molecule has 0 heterocycles. The topological polar surface area (TPSA) is 76.0 Å². The van der Waals surface area contributed by atoms with E-state index in [1.54, 1.807) is 31.2 Å². The van der Waals surface area contributed by atoms with Gasteiger partial charge in [-0.25, -0.2) is 4.57 Å². The van der Waals surface area contributed by atoms with Crippen LogP contribution in [0.1, 0.15) is 45.6 Å². The smallest absolute Gasteiger partial charge is 0.472 e. The quantitative estimate of drug-likeness (QED) is 0.672. The standard InChI is InChI=1S/C15H25O5P/c1-4-6-11-15(3,20-21(17,18)19-5-2)12-13-7-9-14(16)10-8-13/h7-10,16H,4-6,11-12H2,1-3H3,(H,17,18). The molecule has 0 fully saturated rings. The molecule has 5 nitrogen and oxygen atoms in total. The lowest BCUT2D eigenvalue weighted by Gasteiger charge is -2.31. The van der Waals surface area contributed by atoms with E-state index in [4.69, 9.17) is 9.05 Å². The molecule has 0 radical (unpaired) electrons. The minimum atomic E-state index is -4.05. The Morgan fingerprint density at radius 1 is 1.24 bits per heavy atom. The van der Waals surface area contributed by atoms with Gasteiger partial charge >= 0.3 is 7.82 Å². The van der Waals surface area contributed by atoms with E-state index in [9.17, 15) is 14.6 Å². The molecule has 2 unspecified atom stereocenters. The van der Waals surface area contributed by atoms with Crippen LogP contribution in [-0.2, 0) is 20.0 Å². The fraction of sp³-hybridized carbons (Fsp3) is 0.600. The Bertz CT molecular complexity index is 473. The van der Waals surface area contributed by atoms with Crippen LogP contribution in [0.5, 0.6) is 5.75 Å². The third kappa shape index (κ3) is 6.62. The molecule has 0 aliphatic rings.